The van der Waals surface area contributed by atoms with E-state index in [1.807, 2.05) is 4.57 Å². The van der Waals surface area contributed by atoms with Gasteiger partial charge in [0.25, 0.3) is 0 Å². The third-order valence-corrected chi connectivity index (χ3v) is 4.27. The maximum atomic E-state index is 7.96. The monoisotopic (exact) mass is 240 g/mol. The Hall–Kier alpha value is -0.610. The Kier molecular flexibility index (Phi) is 3.22. The van der Waals surface area contributed by atoms with E-state index >= 15 is 0 Å². The SMILES string of the molecule is CC(C)(C)c1cn(C[C@@H]2CCCO2)c(=N)s1. The van der Waals surface area contributed by atoms with Crippen molar-refractivity contribution in [3.8, 4) is 0 Å². The first-order valence-corrected chi connectivity index (χ1v) is 6.65. The molecule has 0 unspecified atom stereocenters. The van der Waals surface area contributed by atoms with Gasteiger partial charge in [0, 0.05) is 17.7 Å². The quantitative estimate of drug-likeness (QED) is 0.847. The second kappa shape index (κ2) is 4.34. The molecule has 3 nitrogen and oxygen atoms in total. The molecule has 0 aromatic carbocycles. The van der Waals surface area contributed by atoms with Crippen LogP contribution >= 0.6 is 11.3 Å². The van der Waals surface area contributed by atoms with Gasteiger partial charge in [0.15, 0.2) is 4.80 Å². The molecule has 0 radical (unpaired) electrons. The number of rotatable bonds is 2. The molecule has 0 amide bonds. The van der Waals surface area contributed by atoms with Crippen LogP contribution in [0.15, 0.2) is 6.20 Å². The van der Waals surface area contributed by atoms with Crippen molar-refractivity contribution in [2.75, 3.05) is 6.61 Å². The van der Waals surface area contributed by atoms with Gasteiger partial charge in [0.2, 0.25) is 0 Å². The lowest BCUT2D eigenvalue weighted by Gasteiger charge is -2.15. The van der Waals surface area contributed by atoms with E-state index in [1.165, 1.54) is 4.88 Å². The summed E-state index contributed by atoms with van der Waals surface area (Å²) in [6.07, 6.45) is 4.73. The summed E-state index contributed by atoms with van der Waals surface area (Å²) in [6.45, 7) is 8.29. The lowest BCUT2D eigenvalue weighted by Crippen LogP contribution is -2.21. The Labute approximate surface area is 101 Å². The largest absolute Gasteiger partial charge is 0.376 e. The fourth-order valence-electron chi connectivity index (χ4n) is 1.88. The smallest absolute Gasteiger partial charge is 0.182 e. The van der Waals surface area contributed by atoms with E-state index in [9.17, 15) is 0 Å². The Bertz CT molecular complexity index is 407. The van der Waals surface area contributed by atoms with E-state index in [0.717, 1.165) is 26.0 Å². The summed E-state index contributed by atoms with van der Waals surface area (Å²) in [4.78, 5) is 1.91. The van der Waals surface area contributed by atoms with E-state index in [0.29, 0.717) is 10.9 Å². The first-order chi connectivity index (χ1) is 7.47. The number of thiazole rings is 1. The van der Waals surface area contributed by atoms with Crippen LogP contribution in [0.5, 0.6) is 0 Å². The van der Waals surface area contributed by atoms with E-state index in [1.54, 1.807) is 11.3 Å². The standard InChI is InChI=1S/C12H20N2OS/c1-12(2,3)10-8-14(11(13)16-10)7-9-5-4-6-15-9/h8-9,13H,4-7H2,1-3H3/t9-/m0/s1. The molecule has 0 bridgehead atoms. The molecule has 0 saturated carbocycles. The molecule has 0 aliphatic carbocycles. The average Bonchev–Trinajstić information content (AvgIpc) is 2.76. The van der Waals surface area contributed by atoms with Gasteiger partial charge in [-0.05, 0) is 18.3 Å². The van der Waals surface area contributed by atoms with Crippen molar-refractivity contribution in [3.05, 3.63) is 15.9 Å². The summed E-state index contributed by atoms with van der Waals surface area (Å²) < 4.78 is 7.64. The molecule has 1 N–H and O–H groups in total. The van der Waals surface area contributed by atoms with Gasteiger partial charge in [-0.15, -0.1) is 11.3 Å². The van der Waals surface area contributed by atoms with E-state index in [4.69, 9.17) is 10.1 Å². The van der Waals surface area contributed by atoms with Crippen LogP contribution < -0.4 is 4.80 Å². The maximum absolute atomic E-state index is 7.96. The zero-order valence-electron chi connectivity index (χ0n) is 10.2. The van der Waals surface area contributed by atoms with Crippen LogP contribution in [0.1, 0.15) is 38.5 Å². The normalized spacial score (nSPS) is 21.6. The van der Waals surface area contributed by atoms with Crippen molar-refractivity contribution in [2.45, 2.75) is 51.7 Å². The van der Waals surface area contributed by atoms with Crippen LogP contribution in [0.2, 0.25) is 0 Å². The van der Waals surface area contributed by atoms with Crippen molar-refractivity contribution in [1.82, 2.24) is 4.57 Å². The number of aromatic nitrogens is 1. The molecular formula is C12H20N2OS. The van der Waals surface area contributed by atoms with Gasteiger partial charge in [-0.1, -0.05) is 20.8 Å². The molecule has 4 heteroatoms. The fourth-order valence-corrected chi connectivity index (χ4v) is 2.82. The van der Waals surface area contributed by atoms with E-state index in [2.05, 4.69) is 27.0 Å². The minimum atomic E-state index is 0.141. The van der Waals surface area contributed by atoms with E-state index in [-0.39, 0.29) is 5.41 Å². The molecule has 2 rings (SSSR count). The average molecular weight is 240 g/mol. The Morgan fingerprint density at radius 1 is 1.56 bits per heavy atom. The number of ether oxygens (including phenoxy) is 1. The number of nitrogens with one attached hydrogen (secondary N) is 1. The van der Waals surface area contributed by atoms with Crippen LogP contribution in [0.25, 0.3) is 0 Å². The molecule has 1 atom stereocenters. The first kappa shape index (κ1) is 11.9. The lowest BCUT2D eigenvalue weighted by atomic mass is 9.95. The highest BCUT2D eigenvalue weighted by atomic mass is 32.1. The molecule has 1 aliphatic rings. The molecule has 0 spiro atoms. The molecule has 90 valence electrons. The maximum Gasteiger partial charge on any atom is 0.182 e. The summed E-state index contributed by atoms with van der Waals surface area (Å²) in [5.41, 5.74) is 0.141. The van der Waals surface area contributed by atoms with Crippen molar-refractivity contribution >= 4 is 11.3 Å². The first-order valence-electron chi connectivity index (χ1n) is 5.84. The summed E-state index contributed by atoms with van der Waals surface area (Å²) >= 11 is 1.58. The highest BCUT2D eigenvalue weighted by Gasteiger charge is 2.20. The predicted octanol–water partition coefficient (Wildman–Crippen LogP) is 2.51. The third-order valence-electron chi connectivity index (χ3n) is 2.90. The molecular weight excluding hydrogens is 220 g/mol. The fraction of sp³-hybridized carbons (Fsp3) is 0.750. The van der Waals surface area contributed by atoms with Crippen LogP contribution in [0.3, 0.4) is 0 Å². The Morgan fingerprint density at radius 3 is 2.81 bits per heavy atom. The lowest BCUT2D eigenvalue weighted by molar-refractivity contribution is 0.0962. The second-order valence-electron chi connectivity index (χ2n) is 5.44. The number of hydrogen-bond donors (Lipinski definition) is 1. The molecule has 1 aliphatic heterocycles. The summed E-state index contributed by atoms with van der Waals surface area (Å²) in [7, 11) is 0. The molecule has 1 aromatic heterocycles. The van der Waals surface area contributed by atoms with Gasteiger partial charge in [0.05, 0.1) is 12.6 Å². The molecule has 1 fully saturated rings. The predicted molar refractivity (Wildman–Crippen MR) is 65.8 cm³/mol. The van der Waals surface area contributed by atoms with Crippen LogP contribution in [0, 0.1) is 5.41 Å². The summed E-state index contributed by atoms with van der Waals surface area (Å²) in [5, 5.41) is 7.96. The minimum absolute atomic E-state index is 0.141. The molecule has 1 saturated heterocycles. The van der Waals surface area contributed by atoms with Gasteiger partial charge in [-0.2, -0.15) is 0 Å². The van der Waals surface area contributed by atoms with Gasteiger partial charge < -0.3 is 9.30 Å². The van der Waals surface area contributed by atoms with Gasteiger partial charge in [-0.3, -0.25) is 5.41 Å². The minimum Gasteiger partial charge on any atom is -0.376 e. The van der Waals surface area contributed by atoms with Crippen LogP contribution in [-0.4, -0.2) is 17.3 Å². The highest BCUT2D eigenvalue weighted by Crippen LogP contribution is 2.24. The Balaban J connectivity index is 2.15. The molecule has 2 heterocycles. The zero-order valence-corrected chi connectivity index (χ0v) is 11.1. The highest BCUT2D eigenvalue weighted by molar-refractivity contribution is 7.09. The van der Waals surface area contributed by atoms with Crippen molar-refractivity contribution in [2.24, 2.45) is 0 Å². The summed E-state index contributed by atoms with van der Waals surface area (Å²) in [5.74, 6) is 0. The van der Waals surface area contributed by atoms with Crippen molar-refractivity contribution in [1.29, 1.82) is 5.41 Å². The van der Waals surface area contributed by atoms with Gasteiger partial charge in [0.1, 0.15) is 0 Å². The zero-order chi connectivity index (χ0) is 11.8. The van der Waals surface area contributed by atoms with Crippen molar-refractivity contribution in [3.63, 3.8) is 0 Å². The summed E-state index contributed by atoms with van der Waals surface area (Å²) in [6, 6.07) is 0. The van der Waals surface area contributed by atoms with Crippen LogP contribution in [-0.2, 0) is 16.7 Å². The van der Waals surface area contributed by atoms with E-state index < -0.39 is 0 Å². The van der Waals surface area contributed by atoms with Crippen molar-refractivity contribution < 1.29 is 4.74 Å². The topological polar surface area (TPSA) is 38.0 Å². The number of nitrogens with zero attached hydrogens (tertiary/aromatic N) is 1. The molecule has 1 aromatic rings. The third kappa shape index (κ3) is 2.55. The van der Waals surface area contributed by atoms with Gasteiger partial charge >= 0.3 is 0 Å². The Morgan fingerprint density at radius 2 is 2.31 bits per heavy atom. The second-order valence-corrected chi connectivity index (χ2v) is 6.47. The van der Waals surface area contributed by atoms with Crippen LogP contribution in [0.4, 0.5) is 0 Å². The van der Waals surface area contributed by atoms with Gasteiger partial charge in [-0.25, -0.2) is 0 Å². The number of hydrogen-bond acceptors (Lipinski definition) is 3. The molecule has 16 heavy (non-hydrogen) atoms.